The lowest BCUT2D eigenvalue weighted by Crippen LogP contribution is -2.61. The Kier molecular flexibility index (Phi) is 8.91. The number of rotatable bonds is 3. The Balaban J connectivity index is 1.42. The second kappa shape index (κ2) is 13.5. The molecule has 0 aliphatic carbocycles. The van der Waals surface area contributed by atoms with E-state index in [0.717, 1.165) is 0 Å². The van der Waals surface area contributed by atoms with E-state index in [2.05, 4.69) is 232 Å². The average molecular weight is 771 g/mol. The van der Waals surface area contributed by atoms with Crippen LogP contribution in [0.25, 0.3) is 21.9 Å². The molecule has 0 fully saturated rings. The zero-order valence-electron chi connectivity index (χ0n) is 37.3. The Morgan fingerprint density at radius 2 is 0.814 bits per heavy atom. The third kappa shape index (κ3) is 6.68. The molecule has 7 aromatic carbocycles. The number of nitrogens with zero attached hydrogens (tertiary/aromatic N) is 2. The maximum atomic E-state index is 2.59. The summed E-state index contributed by atoms with van der Waals surface area (Å²) in [5.41, 5.74) is 19.3. The van der Waals surface area contributed by atoms with Gasteiger partial charge < -0.3 is 9.80 Å². The molecular weight excluding hydrogens is 711 g/mol. The predicted octanol–water partition coefficient (Wildman–Crippen LogP) is 13.8. The van der Waals surface area contributed by atoms with Gasteiger partial charge in [-0.15, -0.1) is 0 Å². The van der Waals surface area contributed by atoms with Crippen LogP contribution in [0.5, 0.6) is 0 Å². The molecule has 0 unspecified atom stereocenters. The molecular formula is C56H59BN2. The Labute approximate surface area is 354 Å². The van der Waals surface area contributed by atoms with E-state index in [-0.39, 0.29) is 28.4 Å². The first-order valence-corrected chi connectivity index (χ1v) is 21.6. The molecule has 7 aromatic rings. The molecule has 0 bridgehead atoms. The monoisotopic (exact) mass is 770 g/mol. The van der Waals surface area contributed by atoms with E-state index in [4.69, 9.17) is 0 Å². The lowest BCUT2D eigenvalue weighted by atomic mass is 9.33. The lowest BCUT2D eigenvalue weighted by Gasteiger charge is -2.45. The number of hydrogen-bond acceptors (Lipinski definition) is 2. The van der Waals surface area contributed by atoms with Gasteiger partial charge in [-0.2, -0.15) is 0 Å². The van der Waals surface area contributed by atoms with Gasteiger partial charge in [-0.05, 0) is 119 Å². The van der Waals surface area contributed by atoms with E-state index in [1.165, 1.54) is 94.7 Å². The number of fused-ring (bicyclic) bond motifs is 5. The number of anilines is 6. The average Bonchev–Trinajstić information content (AvgIpc) is 3.19. The first-order valence-electron chi connectivity index (χ1n) is 21.6. The maximum absolute atomic E-state index is 2.59. The molecule has 2 heterocycles. The van der Waals surface area contributed by atoms with Gasteiger partial charge in [0.25, 0.3) is 6.71 Å². The largest absolute Gasteiger partial charge is 0.311 e. The summed E-state index contributed by atoms with van der Waals surface area (Å²) in [6.45, 7) is 27.8. The van der Waals surface area contributed by atoms with Crippen LogP contribution in [-0.2, 0) is 21.7 Å². The van der Waals surface area contributed by atoms with Gasteiger partial charge in [0, 0.05) is 33.8 Å². The summed E-state index contributed by atoms with van der Waals surface area (Å²) in [5.74, 6) is 0. The highest BCUT2D eigenvalue weighted by Crippen LogP contribution is 2.48. The Morgan fingerprint density at radius 3 is 1.36 bits per heavy atom. The predicted molar refractivity (Wildman–Crippen MR) is 258 cm³/mol. The van der Waals surface area contributed by atoms with Crippen LogP contribution in [0.4, 0.5) is 34.1 Å². The molecule has 0 saturated carbocycles. The highest BCUT2D eigenvalue weighted by molar-refractivity contribution is 7.00. The fraction of sp³-hybridized carbons (Fsp3) is 0.286. The molecule has 0 amide bonds. The van der Waals surface area contributed by atoms with Crippen molar-refractivity contribution in [3.63, 3.8) is 0 Å². The molecule has 0 saturated heterocycles. The normalized spacial score (nSPS) is 14.0. The van der Waals surface area contributed by atoms with Crippen molar-refractivity contribution in [1.82, 2.24) is 0 Å². The first-order chi connectivity index (χ1) is 27.8. The number of hydrogen-bond donors (Lipinski definition) is 0. The van der Waals surface area contributed by atoms with Crippen LogP contribution in [0, 0.1) is 0 Å². The zero-order valence-corrected chi connectivity index (χ0v) is 37.3. The van der Waals surface area contributed by atoms with Crippen LogP contribution in [0.1, 0.15) is 105 Å². The molecule has 296 valence electrons. The van der Waals surface area contributed by atoms with Crippen LogP contribution in [0.3, 0.4) is 0 Å². The van der Waals surface area contributed by atoms with Crippen molar-refractivity contribution in [3.05, 3.63) is 162 Å². The minimum Gasteiger partial charge on any atom is -0.311 e. The van der Waals surface area contributed by atoms with Crippen molar-refractivity contribution < 1.29 is 0 Å². The first kappa shape index (κ1) is 39.0. The second-order valence-corrected chi connectivity index (χ2v) is 21.2. The van der Waals surface area contributed by atoms with Gasteiger partial charge in [-0.1, -0.05) is 180 Å². The molecule has 0 radical (unpaired) electrons. The van der Waals surface area contributed by atoms with E-state index in [0.29, 0.717) is 0 Å². The molecule has 2 nitrogen and oxygen atoms in total. The van der Waals surface area contributed by atoms with Gasteiger partial charge in [0.2, 0.25) is 0 Å². The minimum absolute atomic E-state index is 0.0137. The van der Waals surface area contributed by atoms with Gasteiger partial charge >= 0.3 is 0 Å². The van der Waals surface area contributed by atoms with Crippen molar-refractivity contribution in [1.29, 1.82) is 0 Å². The van der Waals surface area contributed by atoms with Gasteiger partial charge in [0.1, 0.15) is 0 Å². The summed E-state index contributed by atoms with van der Waals surface area (Å²) in [4.78, 5) is 5.16. The van der Waals surface area contributed by atoms with Crippen molar-refractivity contribution in [2.75, 3.05) is 9.80 Å². The lowest BCUT2D eigenvalue weighted by molar-refractivity contribution is 0.590. The van der Waals surface area contributed by atoms with Gasteiger partial charge in [-0.3, -0.25) is 0 Å². The Hall–Kier alpha value is -5.54. The molecule has 0 spiro atoms. The number of benzene rings is 7. The Bertz CT molecular complexity index is 2740. The van der Waals surface area contributed by atoms with Gasteiger partial charge in [-0.25, -0.2) is 0 Å². The molecule has 2 aliphatic heterocycles. The van der Waals surface area contributed by atoms with Crippen molar-refractivity contribution in [2.24, 2.45) is 0 Å². The summed E-state index contributed by atoms with van der Waals surface area (Å²) < 4.78 is 0. The highest BCUT2D eigenvalue weighted by Gasteiger charge is 2.44. The minimum atomic E-state index is -0.0168. The summed E-state index contributed by atoms with van der Waals surface area (Å²) >= 11 is 0. The van der Waals surface area contributed by atoms with Crippen LogP contribution in [0.15, 0.2) is 140 Å². The SMILES string of the molecule is CC(C)(C)c1ccc(-c2cc3c4c(c2)N(c2cccc5ccccc25)c2ccc(C(C)(C)C)cc2B4c2cc(C(C)(C)C)ccc2N3c2ccc(C(C)(C)C)cc2)cc1. The van der Waals surface area contributed by atoms with E-state index in [9.17, 15) is 0 Å². The van der Waals surface area contributed by atoms with Crippen molar-refractivity contribution in [2.45, 2.75) is 105 Å². The fourth-order valence-electron chi connectivity index (χ4n) is 9.32. The topological polar surface area (TPSA) is 6.48 Å². The summed E-state index contributed by atoms with van der Waals surface area (Å²) in [6.07, 6.45) is 0. The van der Waals surface area contributed by atoms with Gasteiger partial charge in [0.05, 0.1) is 5.69 Å². The third-order valence-corrected chi connectivity index (χ3v) is 12.9. The van der Waals surface area contributed by atoms with Crippen LogP contribution in [-0.4, -0.2) is 6.71 Å². The molecule has 59 heavy (non-hydrogen) atoms. The van der Waals surface area contributed by atoms with Gasteiger partial charge in [0.15, 0.2) is 0 Å². The van der Waals surface area contributed by atoms with E-state index < -0.39 is 0 Å². The van der Waals surface area contributed by atoms with E-state index in [1.54, 1.807) is 0 Å². The fourth-order valence-corrected chi connectivity index (χ4v) is 9.32. The summed E-state index contributed by atoms with van der Waals surface area (Å²) in [5, 5.41) is 2.48. The second-order valence-electron chi connectivity index (χ2n) is 21.2. The quantitative estimate of drug-likeness (QED) is 0.165. The smallest absolute Gasteiger partial charge is 0.252 e. The highest BCUT2D eigenvalue weighted by atomic mass is 15.2. The molecule has 3 heteroatoms. The van der Waals surface area contributed by atoms with Crippen LogP contribution in [0.2, 0.25) is 0 Å². The summed E-state index contributed by atoms with van der Waals surface area (Å²) in [6, 6.07) is 53.9. The van der Waals surface area contributed by atoms with Crippen LogP contribution < -0.4 is 26.2 Å². The van der Waals surface area contributed by atoms with Crippen LogP contribution >= 0.6 is 0 Å². The molecule has 2 aliphatic rings. The third-order valence-electron chi connectivity index (χ3n) is 12.9. The Morgan fingerprint density at radius 1 is 0.356 bits per heavy atom. The zero-order chi connectivity index (χ0) is 41.8. The molecule has 0 atom stereocenters. The van der Waals surface area contributed by atoms with E-state index >= 15 is 0 Å². The standard InChI is InChI=1S/C56H59BN2/c1-53(2,3)39-22-20-36(21-23-39)38-32-50-52-51(33-38)59(47-19-15-17-37-16-13-14-18-44(37)47)49-31-27-42(56(10,11)12)35-46(49)57(52)45-34-41(55(7,8)9)26-30-48(45)58(50)43-28-24-40(25-29-43)54(4,5)6/h13-35H,1-12H3. The molecule has 0 aromatic heterocycles. The molecule has 9 rings (SSSR count). The molecule has 0 N–H and O–H groups in total. The van der Waals surface area contributed by atoms with Crippen molar-refractivity contribution in [3.8, 4) is 11.1 Å². The van der Waals surface area contributed by atoms with E-state index in [1.807, 2.05) is 0 Å². The van der Waals surface area contributed by atoms with Crippen molar-refractivity contribution >= 4 is 68.0 Å². The maximum Gasteiger partial charge on any atom is 0.252 e. The summed E-state index contributed by atoms with van der Waals surface area (Å²) in [7, 11) is 0.